The van der Waals surface area contributed by atoms with Gasteiger partial charge in [0.25, 0.3) is 5.56 Å². The van der Waals surface area contributed by atoms with Crippen LogP contribution in [-0.2, 0) is 6.54 Å². The minimum atomic E-state index is -0.425. The Hall–Kier alpha value is -3.26. The van der Waals surface area contributed by atoms with Crippen LogP contribution < -0.4 is 10.9 Å². The molecule has 1 aromatic heterocycles. The molecule has 2 aliphatic heterocycles. The van der Waals surface area contributed by atoms with Crippen molar-refractivity contribution in [2.45, 2.75) is 63.6 Å². The minimum Gasteiger partial charge on any atom is -0.324 e. The summed E-state index contributed by atoms with van der Waals surface area (Å²) in [5.41, 5.74) is 1.51. The van der Waals surface area contributed by atoms with Crippen LogP contribution >= 0.6 is 0 Å². The minimum absolute atomic E-state index is 0.00418. The number of rotatable bonds is 4. The van der Waals surface area contributed by atoms with E-state index in [2.05, 4.69) is 44.4 Å². The maximum absolute atomic E-state index is 14.1. The van der Waals surface area contributed by atoms with Crippen molar-refractivity contribution >= 4 is 16.9 Å². The van der Waals surface area contributed by atoms with Crippen LogP contribution in [0.15, 0.2) is 59.7 Å². The molecule has 7 nitrogen and oxygen atoms in total. The number of benzene rings is 2. The normalized spacial score (nSPS) is 24.9. The molecule has 2 aromatic carbocycles. The Morgan fingerprint density at radius 3 is 2.67 bits per heavy atom. The van der Waals surface area contributed by atoms with Crippen LogP contribution in [0.25, 0.3) is 10.9 Å². The summed E-state index contributed by atoms with van der Waals surface area (Å²) in [6, 6.07) is 15.2. The lowest BCUT2D eigenvalue weighted by molar-refractivity contribution is 0.0208. The van der Waals surface area contributed by atoms with Crippen LogP contribution in [0.4, 0.5) is 9.18 Å². The fourth-order valence-corrected chi connectivity index (χ4v) is 7.43. The van der Waals surface area contributed by atoms with Crippen molar-refractivity contribution in [3.63, 3.8) is 0 Å². The maximum Gasteiger partial charge on any atom is 0.320 e. The topological polar surface area (TPSA) is 70.5 Å². The Labute approximate surface area is 229 Å². The van der Waals surface area contributed by atoms with E-state index in [9.17, 15) is 14.0 Å². The van der Waals surface area contributed by atoms with Crippen molar-refractivity contribution in [3.05, 3.63) is 76.6 Å². The largest absolute Gasteiger partial charge is 0.324 e. The van der Waals surface area contributed by atoms with Gasteiger partial charge in [-0.2, -0.15) is 0 Å². The summed E-state index contributed by atoms with van der Waals surface area (Å²) in [5.74, 6) is -0.153. The predicted octanol–water partition coefficient (Wildman–Crippen LogP) is 4.96. The second-order valence-corrected chi connectivity index (χ2v) is 11.8. The number of urea groups is 1. The number of fused-ring (bicyclic) bond motifs is 1. The summed E-state index contributed by atoms with van der Waals surface area (Å²) < 4.78 is 15.5. The number of nitrogens with zero attached hydrogens (tertiary/aromatic N) is 4. The number of amides is 2. The van der Waals surface area contributed by atoms with E-state index in [-0.39, 0.29) is 29.0 Å². The quantitative estimate of drug-likeness (QED) is 0.517. The van der Waals surface area contributed by atoms with Gasteiger partial charge in [-0.05, 0) is 74.2 Å². The van der Waals surface area contributed by atoms with Crippen LogP contribution in [0.2, 0.25) is 0 Å². The molecule has 0 bridgehead atoms. The molecule has 0 radical (unpaired) electrons. The second kappa shape index (κ2) is 10.7. The first kappa shape index (κ1) is 26.0. The molecule has 0 unspecified atom stereocenters. The number of hydrogen-bond acceptors (Lipinski definition) is 4. The van der Waals surface area contributed by atoms with Crippen molar-refractivity contribution in [1.29, 1.82) is 0 Å². The first-order valence-corrected chi connectivity index (χ1v) is 14.4. The molecule has 1 aliphatic carbocycles. The molecule has 39 heavy (non-hydrogen) atoms. The highest BCUT2D eigenvalue weighted by Crippen LogP contribution is 2.49. The highest BCUT2D eigenvalue weighted by molar-refractivity contribution is 5.77. The third-order valence-corrected chi connectivity index (χ3v) is 9.63. The summed E-state index contributed by atoms with van der Waals surface area (Å²) in [6.07, 6.45) is 8.74. The number of nitrogens with one attached hydrogen (secondary N) is 1. The predicted molar refractivity (Wildman–Crippen MR) is 150 cm³/mol. The number of carbonyl (C=O) groups is 1. The second-order valence-electron chi connectivity index (χ2n) is 11.8. The highest BCUT2D eigenvalue weighted by Gasteiger charge is 2.47. The smallest absolute Gasteiger partial charge is 0.320 e. The molecule has 3 aliphatic rings. The van der Waals surface area contributed by atoms with E-state index in [0.29, 0.717) is 30.0 Å². The van der Waals surface area contributed by atoms with Gasteiger partial charge in [0.05, 0.1) is 23.3 Å². The summed E-state index contributed by atoms with van der Waals surface area (Å²) in [5, 5.41) is 3.75. The molecular formula is C31H38FN5O2. The molecule has 3 heterocycles. The SMILES string of the molecule is CN[C@@H]1CCN(C(=O)N2CC[C@@H](Cn3cnc4ccc(F)cc4c3=O)C3(CCCC3)C2)[C@H](c2ccccc2)C1. The average Bonchev–Trinajstić information content (AvgIpc) is 3.44. The van der Waals surface area contributed by atoms with Gasteiger partial charge in [0.15, 0.2) is 0 Å². The highest BCUT2D eigenvalue weighted by atomic mass is 19.1. The van der Waals surface area contributed by atoms with Crippen LogP contribution in [-0.4, -0.2) is 58.1 Å². The van der Waals surface area contributed by atoms with Gasteiger partial charge in [-0.1, -0.05) is 43.2 Å². The fraction of sp³-hybridized carbons (Fsp3) is 0.516. The summed E-state index contributed by atoms with van der Waals surface area (Å²) in [7, 11) is 2.01. The van der Waals surface area contributed by atoms with E-state index in [4.69, 9.17) is 0 Å². The van der Waals surface area contributed by atoms with Crippen LogP contribution in [0.5, 0.6) is 0 Å². The van der Waals surface area contributed by atoms with E-state index in [1.54, 1.807) is 17.0 Å². The number of carbonyl (C=O) groups excluding carboxylic acids is 1. The molecule has 3 atom stereocenters. The number of halogens is 1. The Kier molecular flexibility index (Phi) is 7.14. The molecule has 2 amide bonds. The van der Waals surface area contributed by atoms with E-state index in [1.807, 2.05) is 13.1 Å². The Bertz CT molecular complexity index is 1390. The molecule has 1 N–H and O–H groups in total. The number of piperidine rings is 2. The molecule has 6 rings (SSSR count). The van der Waals surface area contributed by atoms with Gasteiger partial charge in [-0.3, -0.25) is 9.36 Å². The number of aromatic nitrogens is 2. The Morgan fingerprint density at radius 2 is 1.90 bits per heavy atom. The Balaban J connectivity index is 1.23. The third-order valence-electron chi connectivity index (χ3n) is 9.63. The monoisotopic (exact) mass is 531 g/mol. The molecule has 3 fully saturated rings. The average molecular weight is 532 g/mol. The first-order valence-electron chi connectivity index (χ1n) is 14.4. The van der Waals surface area contributed by atoms with E-state index >= 15 is 0 Å². The van der Waals surface area contributed by atoms with Crippen molar-refractivity contribution in [1.82, 2.24) is 24.7 Å². The van der Waals surface area contributed by atoms with Gasteiger partial charge >= 0.3 is 6.03 Å². The summed E-state index contributed by atoms with van der Waals surface area (Å²) in [4.78, 5) is 36.0. The molecule has 2 saturated heterocycles. The van der Waals surface area contributed by atoms with Crippen molar-refractivity contribution in [3.8, 4) is 0 Å². The lowest BCUT2D eigenvalue weighted by Crippen LogP contribution is -2.56. The van der Waals surface area contributed by atoms with Crippen molar-refractivity contribution in [2.75, 3.05) is 26.7 Å². The van der Waals surface area contributed by atoms with Gasteiger partial charge in [-0.25, -0.2) is 14.2 Å². The van der Waals surface area contributed by atoms with Crippen molar-refractivity contribution < 1.29 is 9.18 Å². The van der Waals surface area contributed by atoms with Gasteiger partial charge in [0, 0.05) is 32.2 Å². The lowest BCUT2D eigenvalue weighted by Gasteiger charge is -2.49. The molecule has 1 saturated carbocycles. The van der Waals surface area contributed by atoms with Crippen LogP contribution in [0.3, 0.4) is 0 Å². The first-order chi connectivity index (χ1) is 19.0. The molecule has 1 spiro atoms. The van der Waals surface area contributed by atoms with Crippen LogP contribution in [0, 0.1) is 17.2 Å². The van der Waals surface area contributed by atoms with Crippen molar-refractivity contribution in [2.24, 2.45) is 11.3 Å². The van der Waals surface area contributed by atoms with E-state index in [1.165, 1.54) is 17.7 Å². The third kappa shape index (κ3) is 4.95. The molecule has 206 valence electrons. The maximum atomic E-state index is 14.1. The van der Waals surface area contributed by atoms with Gasteiger partial charge < -0.3 is 15.1 Å². The lowest BCUT2D eigenvalue weighted by atomic mass is 9.69. The zero-order valence-corrected chi connectivity index (χ0v) is 22.7. The van der Waals surface area contributed by atoms with Gasteiger partial charge in [0.1, 0.15) is 5.82 Å². The van der Waals surface area contributed by atoms with Gasteiger partial charge in [0.2, 0.25) is 0 Å². The molecule has 3 aromatic rings. The fourth-order valence-electron chi connectivity index (χ4n) is 7.43. The number of likely N-dealkylation sites (tertiary alicyclic amines) is 2. The molecule has 8 heteroatoms. The van der Waals surface area contributed by atoms with E-state index < -0.39 is 5.82 Å². The zero-order valence-electron chi connectivity index (χ0n) is 22.7. The van der Waals surface area contributed by atoms with E-state index in [0.717, 1.165) is 58.0 Å². The van der Waals surface area contributed by atoms with Gasteiger partial charge in [-0.15, -0.1) is 0 Å². The molecular weight excluding hydrogens is 493 g/mol. The summed E-state index contributed by atoms with van der Waals surface area (Å²) >= 11 is 0. The zero-order chi connectivity index (χ0) is 27.0. The standard InChI is InChI=1S/C31H38FN5O2/c1-33-25-12-16-37(28(18-25)22-7-3-2-4-8-22)30(39)35-15-11-23(31(20-35)13-5-6-14-31)19-36-21-34-27-10-9-24(32)17-26(27)29(36)38/h2-4,7-10,17,21,23,25,28,33H,5-6,11-16,18-20H2,1H3/t23-,25+,28-/m0/s1. The van der Waals surface area contributed by atoms with Crippen LogP contribution in [0.1, 0.15) is 56.6 Å². The Morgan fingerprint density at radius 1 is 1.10 bits per heavy atom. The number of hydrogen-bond donors (Lipinski definition) is 1. The summed E-state index contributed by atoms with van der Waals surface area (Å²) in [6.45, 7) is 2.71.